The number of carbonyl (C=O) groups excluding carboxylic acids is 1. The number of primary amides is 1. The molecule has 0 saturated carbocycles. The molecular formula is C15H16N4O6S. The van der Waals surface area contributed by atoms with Gasteiger partial charge < -0.3 is 15.1 Å². The van der Waals surface area contributed by atoms with Crippen LogP contribution >= 0.6 is 0 Å². The molecule has 2 N–H and O–H groups in total. The molecule has 138 valence electrons. The second kappa shape index (κ2) is 6.77. The lowest BCUT2D eigenvalue weighted by Gasteiger charge is -2.34. The van der Waals surface area contributed by atoms with Gasteiger partial charge in [0.25, 0.3) is 21.6 Å². The standard InChI is InChI=1S/C15H16N4O6S/c16-15(20)13-5-6-14(25-13)26(23,24)18-9-7-17(8-10-18)11-3-1-2-4-12(11)19(21)22/h1-6H,7-10H2,(H2,16,20). The molecule has 1 aromatic carbocycles. The number of nitrogens with two attached hydrogens (primary N) is 1. The lowest BCUT2D eigenvalue weighted by molar-refractivity contribution is -0.384. The number of benzene rings is 1. The van der Waals surface area contributed by atoms with Gasteiger partial charge in [0.2, 0.25) is 5.09 Å². The van der Waals surface area contributed by atoms with Crippen molar-refractivity contribution in [3.63, 3.8) is 0 Å². The number of hydrogen-bond donors (Lipinski definition) is 1. The van der Waals surface area contributed by atoms with E-state index in [9.17, 15) is 23.3 Å². The highest BCUT2D eigenvalue weighted by atomic mass is 32.2. The van der Waals surface area contributed by atoms with E-state index in [-0.39, 0.29) is 42.7 Å². The lowest BCUT2D eigenvalue weighted by Crippen LogP contribution is -2.48. The van der Waals surface area contributed by atoms with Crippen LogP contribution in [0.15, 0.2) is 45.9 Å². The second-order valence-electron chi connectivity index (χ2n) is 5.62. The summed E-state index contributed by atoms with van der Waals surface area (Å²) in [6, 6.07) is 8.71. The van der Waals surface area contributed by atoms with Crippen LogP contribution in [0, 0.1) is 10.1 Å². The van der Waals surface area contributed by atoms with Gasteiger partial charge in [-0.05, 0) is 18.2 Å². The molecule has 2 heterocycles. The lowest BCUT2D eigenvalue weighted by atomic mass is 10.2. The van der Waals surface area contributed by atoms with E-state index >= 15 is 0 Å². The van der Waals surface area contributed by atoms with Crippen molar-refractivity contribution < 1.29 is 22.6 Å². The first-order chi connectivity index (χ1) is 12.3. The summed E-state index contributed by atoms with van der Waals surface area (Å²) < 4.78 is 31.4. The first-order valence-corrected chi connectivity index (χ1v) is 9.13. The highest BCUT2D eigenvalue weighted by molar-refractivity contribution is 7.89. The molecule has 0 radical (unpaired) electrons. The number of sulfonamides is 1. The topological polar surface area (TPSA) is 140 Å². The van der Waals surface area contributed by atoms with E-state index in [2.05, 4.69) is 0 Å². The Hall–Kier alpha value is -2.92. The zero-order valence-electron chi connectivity index (χ0n) is 13.6. The highest BCUT2D eigenvalue weighted by Gasteiger charge is 2.32. The van der Waals surface area contributed by atoms with Crippen LogP contribution in [-0.4, -0.2) is 49.7 Å². The molecule has 0 unspecified atom stereocenters. The summed E-state index contributed by atoms with van der Waals surface area (Å²) in [5, 5.41) is 10.8. The number of anilines is 1. The van der Waals surface area contributed by atoms with E-state index in [1.165, 1.54) is 22.5 Å². The number of nitrogens with zero attached hydrogens (tertiary/aromatic N) is 3. The number of rotatable bonds is 5. The predicted molar refractivity (Wildman–Crippen MR) is 91.3 cm³/mol. The highest BCUT2D eigenvalue weighted by Crippen LogP contribution is 2.29. The third-order valence-electron chi connectivity index (χ3n) is 4.08. The third kappa shape index (κ3) is 3.26. The van der Waals surface area contributed by atoms with Crippen molar-refractivity contribution in [1.29, 1.82) is 0 Å². The summed E-state index contributed by atoms with van der Waals surface area (Å²) in [6.45, 7) is 0.822. The van der Waals surface area contributed by atoms with E-state index in [0.717, 1.165) is 0 Å². The Morgan fingerprint density at radius 3 is 2.35 bits per heavy atom. The SMILES string of the molecule is NC(=O)c1ccc(S(=O)(=O)N2CCN(c3ccccc3[N+](=O)[O-])CC2)o1. The molecule has 3 rings (SSSR count). The Morgan fingerprint density at radius 1 is 1.12 bits per heavy atom. The number of carbonyl (C=O) groups is 1. The maximum absolute atomic E-state index is 12.6. The Labute approximate surface area is 149 Å². The maximum Gasteiger partial charge on any atom is 0.292 e. The zero-order chi connectivity index (χ0) is 18.9. The molecule has 0 spiro atoms. The van der Waals surface area contributed by atoms with Gasteiger partial charge in [0.1, 0.15) is 5.69 Å². The van der Waals surface area contributed by atoms with Crippen LogP contribution in [0.3, 0.4) is 0 Å². The third-order valence-corrected chi connectivity index (χ3v) is 5.85. The second-order valence-corrected chi connectivity index (χ2v) is 7.49. The normalized spacial score (nSPS) is 15.8. The molecular weight excluding hydrogens is 364 g/mol. The Bertz CT molecular complexity index is 947. The minimum atomic E-state index is -3.91. The summed E-state index contributed by atoms with van der Waals surface area (Å²) in [5.41, 5.74) is 5.49. The van der Waals surface area contributed by atoms with E-state index in [4.69, 9.17) is 10.2 Å². The molecule has 0 aliphatic carbocycles. The van der Waals surface area contributed by atoms with Gasteiger partial charge in [-0.3, -0.25) is 14.9 Å². The molecule has 1 amide bonds. The van der Waals surface area contributed by atoms with Crippen LogP contribution in [0.5, 0.6) is 0 Å². The molecule has 2 aromatic rings. The molecule has 1 aliphatic rings. The fraction of sp³-hybridized carbons (Fsp3) is 0.267. The van der Waals surface area contributed by atoms with Gasteiger partial charge >= 0.3 is 0 Å². The van der Waals surface area contributed by atoms with Gasteiger partial charge in [-0.15, -0.1) is 0 Å². The first kappa shape index (κ1) is 17.9. The van der Waals surface area contributed by atoms with Crippen molar-refractivity contribution in [3.05, 3.63) is 52.3 Å². The van der Waals surface area contributed by atoms with E-state index in [1.807, 2.05) is 0 Å². The fourth-order valence-corrected chi connectivity index (χ4v) is 4.11. The van der Waals surface area contributed by atoms with E-state index in [1.54, 1.807) is 23.1 Å². The molecule has 1 fully saturated rings. The monoisotopic (exact) mass is 380 g/mol. The number of amides is 1. The summed E-state index contributed by atoms with van der Waals surface area (Å²) in [4.78, 5) is 23.5. The average Bonchev–Trinajstić information content (AvgIpc) is 3.13. The molecule has 26 heavy (non-hydrogen) atoms. The number of nitro groups is 1. The quantitative estimate of drug-likeness (QED) is 0.597. The molecule has 0 atom stereocenters. The minimum Gasteiger partial charge on any atom is -0.438 e. The number of nitro benzene ring substituents is 1. The van der Waals surface area contributed by atoms with Crippen LogP contribution in [0.1, 0.15) is 10.6 Å². The van der Waals surface area contributed by atoms with Gasteiger partial charge in [-0.1, -0.05) is 12.1 Å². The number of hydrogen-bond acceptors (Lipinski definition) is 7. The molecule has 11 heteroatoms. The minimum absolute atomic E-state index is 0.0269. The molecule has 1 saturated heterocycles. The maximum atomic E-state index is 12.6. The Balaban J connectivity index is 1.76. The first-order valence-electron chi connectivity index (χ1n) is 7.69. The molecule has 1 aliphatic heterocycles. The number of furan rings is 1. The summed E-state index contributed by atoms with van der Waals surface area (Å²) >= 11 is 0. The van der Waals surface area contributed by atoms with Crippen molar-refractivity contribution in [2.45, 2.75) is 5.09 Å². The summed E-state index contributed by atoms with van der Waals surface area (Å²) in [7, 11) is -3.91. The average molecular weight is 380 g/mol. The van der Waals surface area contributed by atoms with Crippen molar-refractivity contribution in [2.24, 2.45) is 5.73 Å². The molecule has 0 bridgehead atoms. The van der Waals surface area contributed by atoms with Crippen LogP contribution < -0.4 is 10.6 Å². The van der Waals surface area contributed by atoms with E-state index < -0.39 is 20.9 Å². The Morgan fingerprint density at radius 2 is 1.77 bits per heavy atom. The zero-order valence-corrected chi connectivity index (χ0v) is 14.4. The van der Waals surface area contributed by atoms with Crippen LogP contribution in [0.2, 0.25) is 0 Å². The van der Waals surface area contributed by atoms with Gasteiger partial charge in [0.15, 0.2) is 5.76 Å². The van der Waals surface area contributed by atoms with Crippen molar-refractivity contribution in [2.75, 3.05) is 31.1 Å². The smallest absolute Gasteiger partial charge is 0.292 e. The number of piperazine rings is 1. The van der Waals surface area contributed by atoms with Crippen LogP contribution in [-0.2, 0) is 10.0 Å². The van der Waals surface area contributed by atoms with Crippen molar-refractivity contribution in [3.8, 4) is 0 Å². The predicted octanol–water partition coefficient (Wildman–Crippen LogP) is 0.798. The Kier molecular flexibility index (Phi) is 4.66. The molecule has 10 nitrogen and oxygen atoms in total. The van der Waals surface area contributed by atoms with Gasteiger partial charge in [0.05, 0.1) is 4.92 Å². The van der Waals surface area contributed by atoms with E-state index in [0.29, 0.717) is 5.69 Å². The largest absolute Gasteiger partial charge is 0.438 e. The van der Waals surface area contributed by atoms with Gasteiger partial charge in [-0.2, -0.15) is 4.31 Å². The van der Waals surface area contributed by atoms with Crippen molar-refractivity contribution in [1.82, 2.24) is 4.31 Å². The van der Waals surface area contributed by atoms with Gasteiger partial charge in [0, 0.05) is 32.2 Å². The molecule has 1 aromatic heterocycles. The number of para-hydroxylation sites is 2. The van der Waals surface area contributed by atoms with Gasteiger partial charge in [-0.25, -0.2) is 8.42 Å². The van der Waals surface area contributed by atoms with Crippen LogP contribution in [0.25, 0.3) is 0 Å². The van der Waals surface area contributed by atoms with Crippen molar-refractivity contribution >= 4 is 27.3 Å². The summed E-state index contributed by atoms with van der Waals surface area (Å²) in [6.07, 6.45) is 0. The summed E-state index contributed by atoms with van der Waals surface area (Å²) in [5.74, 6) is -1.09. The van der Waals surface area contributed by atoms with Crippen LogP contribution in [0.4, 0.5) is 11.4 Å². The fourth-order valence-electron chi connectivity index (χ4n) is 2.77.